The van der Waals surface area contributed by atoms with E-state index in [1.165, 1.54) is 6.33 Å². The van der Waals surface area contributed by atoms with Gasteiger partial charge in [0.1, 0.15) is 18.0 Å². The molecule has 4 heterocycles. The van der Waals surface area contributed by atoms with Crippen molar-refractivity contribution in [3.05, 3.63) is 83.1 Å². The lowest BCUT2D eigenvalue weighted by atomic mass is 10.0. The fourth-order valence-electron chi connectivity index (χ4n) is 4.45. The largest absolute Gasteiger partial charge is 0.416 e. The summed E-state index contributed by atoms with van der Waals surface area (Å²) in [5, 5.41) is 10.0. The number of rotatable bonds is 8. The van der Waals surface area contributed by atoms with Crippen LogP contribution in [0.5, 0.6) is 0 Å². The van der Waals surface area contributed by atoms with E-state index in [2.05, 4.69) is 47.7 Å². The van der Waals surface area contributed by atoms with Crippen molar-refractivity contribution in [2.24, 2.45) is 0 Å². The molecule has 13 heteroatoms. The number of benzene rings is 1. The van der Waals surface area contributed by atoms with E-state index in [4.69, 9.17) is 0 Å². The molecule has 1 aliphatic heterocycles. The molecule has 1 aromatic carbocycles. The number of ketones is 1. The standard InChI is InChI=1S/C28H30F3N9O/c1-18-4-5-20(24(41)15-22-14-21(6-7-32-22)28(29,30)31)13-23(18)35-27-12-19(2)36-40(27)26-16-25(33-17-34-26)37-39-10-8-38(3)9-11-39/h4-7,12-14,16-17,35H,8-11,15H2,1-3H3,(H,33,34,37). The zero-order valence-corrected chi connectivity index (χ0v) is 22.9. The quantitative estimate of drug-likeness (QED) is 0.300. The van der Waals surface area contributed by atoms with Gasteiger partial charge in [-0.25, -0.2) is 15.0 Å². The molecule has 0 saturated carbocycles. The zero-order valence-electron chi connectivity index (χ0n) is 22.9. The Morgan fingerprint density at radius 1 is 0.976 bits per heavy atom. The van der Waals surface area contributed by atoms with Crippen molar-refractivity contribution in [3.8, 4) is 5.82 Å². The summed E-state index contributed by atoms with van der Waals surface area (Å²) in [6, 6.07) is 10.6. The van der Waals surface area contributed by atoms with Gasteiger partial charge >= 0.3 is 6.18 Å². The summed E-state index contributed by atoms with van der Waals surface area (Å²) in [4.78, 5) is 28.0. The van der Waals surface area contributed by atoms with Crippen LogP contribution in [0.25, 0.3) is 5.82 Å². The van der Waals surface area contributed by atoms with E-state index in [9.17, 15) is 18.0 Å². The fourth-order valence-corrected chi connectivity index (χ4v) is 4.45. The normalized spacial score (nSPS) is 14.7. The third-order valence-electron chi connectivity index (χ3n) is 6.78. The Morgan fingerprint density at radius 2 is 1.76 bits per heavy atom. The van der Waals surface area contributed by atoms with Gasteiger partial charge in [0.15, 0.2) is 11.6 Å². The zero-order chi connectivity index (χ0) is 29.1. The minimum atomic E-state index is -4.51. The van der Waals surface area contributed by atoms with E-state index in [0.29, 0.717) is 28.7 Å². The number of Topliss-reactive ketones (excluding diaryl/α,β-unsaturated/α-hetero) is 1. The highest BCUT2D eigenvalue weighted by molar-refractivity contribution is 5.98. The maximum Gasteiger partial charge on any atom is 0.416 e. The predicted molar refractivity (Wildman–Crippen MR) is 148 cm³/mol. The van der Waals surface area contributed by atoms with E-state index in [0.717, 1.165) is 55.8 Å². The molecular formula is C28H30F3N9O. The van der Waals surface area contributed by atoms with E-state index >= 15 is 0 Å². The number of aryl methyl sites for hydroxylation is 2. The van der Waals surface area contributed by atoms with Crippen LogP contribution in [0.2, 0.25) is 0 Å². The molecule has 0 spiro atoms. The highest BCUT2D eigenvalue weighted by Crippen LogP contribution is 2.30. The molecule has 3 aromatic heterocycles. The topological polar surface area (TPSA) is 104 Å². The average molecular weight is 566 g/mol. The van der Waals surface area contributed by atoms with Gasteiger partial charge in [0, 0.05) is 61.5 Å². The van der Waals surface area contributed by atoms with Crippen LogP contribution in [0.1, 0.15) is 32.9 Å². The van der Waals surface area contributed by atoms with Crippen LogP contribution in [0.3, 0.4) is 0 Å². The lowest BCUT2D eigenvalue weighted by Crippen LogP contribution is -2.47. The van der Waals surface area contributed by atoms with Crippen LogP contribution in [0.4, 0.5) is 30.5 Å². The number of anilines is 3. The Hall–Kier alpha value is -4.36. The molecule has 0 unspecified atom stereocenters. The fraction of sp³-hybridized carbons (Fsp3) is 0.321. The second kappa shape index (κ2) is 11.6. The monoisotopic (exact) mass is 565 g/mol. The van der Waals surface area contributed by atoms with E-state index < -0.39 is 11.7 Å². The van der Waals surface area contributed by atoms with Gasteiger partial charge in [0.2, 0.25) is 0 Å². The van der Waals surface area contributed by atoms with Crippen molar-refractivity contribution in [3.63, 3.8) is 0 Å². The van der Waals surface area contributed by atoms with Crippen molar-refractivity contribution in [1.82, 2.24) is 34.6 Å². The number of pyridine rings is 1. The van der Waals surface area contributed by atoms with Gasteiger partial charge in [-0.3, -0.25) is 9.78 Å². The van der Waals surface area contributed by atoms with Crippen LogP contribution >= 0.6 is 0 Å². The molecule has 1 aliphatic rings. The molecule has 10 nitrogen and oxygen atoms in total. The molecule has 0 radical (unpaired) electrons. The molecule has 1 fully saturated rings. The van der Waals surface area contributed by atoms with Crippen molar-refractivity contribution < 1.29 is 18.0 Å². The minimum Gasteiger partial charge on any atom is -0.340 e. The second-order valence-electron chi connectivity index (χ2n) is 10.0. The molecule has 0 aliphatic carbocycles. The van der Waals surface area contributed by atoms with Crippen LogP contribution in [-0.2, 0) is 12.6 Å². The number of likely N-dealkylation sites (N-methyl/N-ethyl adjacent to an activating group) is 1. The molecule has 0 bridgehead atoms. The molecule has 5 rings (SSSR count). The number of aromatic nitrogens is 5. The lowest BCUT2D eigenvalue weighted by Gasteiger charge is -2.32. The Kier molecular flexibility index (Phi) is 7.99. The number of carbonyl (C=O) groups excluding carboxylic acids is 1. The number of carbonyl (C=O) groups is 1. The number of nitrogens with one attached hydrogen (secondary N) is 2. The van der Waals surface area contributed by atoms with Crippen LogP contribution in [0.15, 0.2) is 55.0 Å². The number of alkyl halides is 3. The first-order valence-corrected chi connectivity index (χ1v) is 13.1. The Bertz CT molecular complexity index is 1550. The number of halogens is 3. The minimum absolute atomic E-state index is 0.0540. The molecule has 41 heavy (non-hydrogen) atoms. The Balaban J connectivity index is 1.35. The maximum absolute atomic E-state index is 13.1. The highest BCUT2D eigenvalue weighted by atomic mass is 19.4. The second-order valence-corrected chi connectivity index (χ2v) is 10.0. The molecule has 1 saturated heterocycles. The molecule has 214 valence electrons. The average Bonchev–Trinajstić information content (AvgIpc) is 3.31. The van der Waals surface area contributed by atoms with Gasteiger partial charge in [-0.2, -0.15) is 23.0 Å². The predicted octanol–water partition coefficient (Wildman–Crippen LogP) is 4.44. The summed E-state index contributed by atoms with van der Waals surface area (Å²) in [6.45, 7) is 7.38. The van der Waals surface area contributed by atoms with E-state index in [-0.39, 0.29) is 17.9 Å². The van der Waals surface area contributed by atoms with Gasteiger partial charge in [-0.15, -0.1) is 0 Å². The third kappa shape index (κ3) is 6.87. The highest BCUT2D eigenvalue weighted by Gasteiger charge is 2.31. The van der Waals surface area contributed by atoms with Crippen molar-refractivity contribution in [2.75, 3.05) is 44.0 Å². The van der Waals surface area contributed by atoms with Crippen molar-refractivity contribution >= 4 is 23.1 Å². The summed E-state index contributed by atoms with van der Waals surface area (Å²) in [7, 11) is 2.09. The number of piperazine rings is 1. The Morgan fingerprint density at radius 3 is 2.51 bits per heavy atom. The van der Waals surface area contributed by atoms with Crippen LogP contribution in [0, 0.1) is 13.8 Å². The van der Waals surface area contributed by atoms with Crippen molar-refractivity contribution in [1.29, 1.82) is 0 Å². The first-order valence-electron chi connectivity index (χ1n) is 13.1. The van der Waals surface area contributed by atoms with Gasteiger partial charge in [-0.1, -0.05) is 12.1 Å². The summed E-state index contributed by atoms with van der Waals surface area (Å²) in [5.74, 6) is 1.47. The molecule has 0 atom stereocenters. The van der Waals surface area contributed by atoms with Gasteiger partial charge in [0.25, 0.3) is 0 Å². The summed E-state index contributed by atoms with van der Waals surface area (Å²) in [6.07, 6.45) is -2.22. The molecule has 4 aromatic rings. The summed E-state index contributed by atoms with van der Waals surface area (Å²) < 4.78 is 40.9. The van der Waals surface area contributed by atoms with Crippen molar-refractivity contribution in [2.45, 2.75) is 26.4 Å². The first-order chi connectivity index (χ1) is 19.5. The SMILES string of the molecule is Cc1cc(Nc2cc(C(=O)Cc3cc(C(F)(F)F)ccn3)ccc2C)n(-c2cc(NN3CCN(C)CC3)ncn2)n1. The number of hydrogen-bond donors (Lipinski definition) is 2. The molecule has 2 N–H and O–H groups in total. The van der Waals surface area contributed by atoms with Crippen LogP contribution < -0.4 is 10.7 Å². The Labute approximate surface area is 235 Å². The third-order valence-corrected chi connectivity index (χ3v) is 6.78. The summed E-state index contributed by atoms with van der Waals surface area (Å²) >= 11 is 0. The number of hydrogen-bond acceptors (Lipinski definition) is 9. The van der Waals surface area contributed by atoms with Crippen LogP contribution in [-0.4, -0.2) is 73.7 Å². The summed E-state index contributed by atoms with van der Waals surface area (Å²) in [5.41, 5.74) is 5.17. The first kappa shape index (κ1) is 28.2. The number of nitrogens with zero attached hydrogens (tertiary/aromatic N) is 7. The smallest absolute Gasteiger partial charge is 0.340 e. The van der Waals surface area contributed by atoms with Gasteiger partial charge in [0.05, 0.1) is 17.7 Å². The molecular weight excluding hydrogens is 535 g/mol. The number of hydrazine groups is 1. The van der Waals surface area contributed by atoms with E-state index in [1.54, 1.807) is 22.9 Å². The molecule has 0 amide bonds. The van der Waals surface area contributed by atoms with E-state index in [1.807, 2.05) is 26.0 Å². The van der Waals surface area contributed by atoms with Gasteiger partial charge in [-0.05, 0) is 44.7 Å². The maximum atomic E-state index is 13.1. The van der Waals surface area contributed by atoms with Gasteiger partial charge < -0.3 is 15.6 Å². The lowest BCUT2D eigenvalue weighted by molar-refractivity contribution is -0.137.